The molecule has 19 heavy (non-hydrogen) atoms. The number of ether oxygens (including phenoxy) is 1. The maximum Gasteiger partial charge on any atom is 0.399 e. The zero-order valence-corrected chi connectivity index (χ0v) is 11.9. The molecule has 2 aromatic rings. The van der Waals surface area contributed by atoms with Crippen LogP contribution in [0.25, 0.3) is 0 Å². The van der Waals surface area contributed by atoms with Crippen molar-refractivity contribution in [2.24, 2.45) is 0 Å². The van der Waals surface area contributed by atoms with Crippen molar-refractivity contribution in [1.82, 2.24) is 10.3 Å². The van der Waals surface area contributed by atoms with Crippen molar-refractivity contribution in [3.8, 4) is 11.8 Å². The number of hydrogen-bond acceptors (Lipinski definition) is 4. The van der Waals surface area contributed by atoms with Crippen LogP contribution in [-0.4, -0.2) is 11.0 Å². The maximum absolute atomic E-state index is 5.65. The van der Waals surface area contributed by atoms with E-state index in [0.717, 1.165) is 17.0 Å². The molecule has 0 unspecified atom stereocenters. The SMILES string of the molecule is Cc1ccc(Oc2nc(CNC(C)C)co2)c(C)c1. The molecular formula is C15H20N2O2. The lowest BCUT2D eigenvalue weighted by molar-refractivity contribution is 0.329. The number of aryl methyl sites for hydroxylation is 2. The summed E-state index contributed by atoms with van der Waals surface area (Å²) in [6, 6.07) is 6.42. The molecule has 0 aliphatic carbocycles. The number of aromatic nitrogens is 1. The average molecular weight is 260 g/mol. The minimum absolute atomic E-state index is 0.285. The molecule has 0 aliphatic heterocycles. The summed E-state index contributed by atoms with van der Waals surface area (Å²) in [5.74, 6) is 0.774. The first-order valence-corrected chi connectivity index (χ1v) is 6.47. The van der Waals surface area contributed by atoms with Gasteiger partial charge in [-0.25, -0.2) is 0 Å². The van der Waals surface area contributed by atoms with Gasteiger partial charge in [-0.3, -0.25) is 0 Å². The van der Waals surface area contributed by atoms with E-state index < -0.39 is 0 Å². The lowest BCUT2D eigenvalue weighted by Crippen LogP contribution is -2.21. The monoisotopic (exact) mass is 260 g/mol. The molecule has 2 rings (SSSR count). The van der Waals surface area contributed by atoms with Gasteiger partial charge in [0, 0.05) is 12.6 Å². The van der Waals surface area contributed by atoms with E-state index in [-0.39, 0.29) is 6.08 Å². The Balaban J connectivity index is 2.03. The van der Waals surface area contributed by atoms with E-state index in [2.05, 4.69) is 37.1 Å². The average Bonchev–Trinajstić information content (AvgIpc) is 2.78. The van der Waals surface area contributed by atoms with E-state index in [1.807, 2.05) is 19.1 Å². The Morgan fingerprint density at radius 1 is 1.32 bits per heavy atom. The van der Waals surface area contributed by atoms with Crippen LogP contribution in [0.1, 0.15) is 30.7 Å². The Morgan fingerprint density at radius 3 is 2.79 bits per heavy atom. The van der Waals surface area contributed by atoms with E-state index >= 15 is 0 Å². The highest BCUT2D eigenvalue weighted by molar-refractivity contribution is 5.36. The van der Waals surface area contributed by atoms with Crippen molar-refractivity contribution in [1.29, 1.82) is 0 Å². The van der Waals surface area contributed by atoms with Gasteiger partial charge >= 0.3 is 6.08 Å². The third kappa shape index (κ3) is 3.83. The fourth-order valence-corrected chi connectivity index (χ4v) is 1.73. The van der Waals surface area contributed by atoms with E-state index in [9.17, 15) is 0 Å². The highest BCUT2D eigenvalue weighted by atomic mass is 16.6. The van der Waals surface area contributed by atoms with E-state index in [1.165, 1.54) is 5.56 Å². The molecule has 102 valence electrons. The quantitative estimate of drug-likeness (QED) is 0.892. The van der Waals surface area contributed by atoms with Gasteiger partial charge in [0.25, 0.3) is 0 Å². The van der Waals surface area contributed by atoms with Gasteiger partial charge < -0.3 is 14.5 Å². The fraction of sp³-hybridized carbons (Fsp3) is 0.400. The first kappa shape index (κ1) is 13.6. The van der Waals surface area contributed by atoms with Gasteiger partial charge in [0.1, 0.15) is 12.0 Å². The largest absolute Gasteiger partial charge is 0.417 e. The maximum atomic E-state index is 5.65. The minimum Gasteiger partial charge on any atom is -0.417 e. The zero-order chi connectivity index (χ0) is 13.8. The zero-order valence-electron chi connectivity index (χ0n) is 11.9. The van der Waals surface area contributed by atoms with Gasteiger partial charge in [-0.15, -0.1) is 0 Å². The van der Waals surface area contributed by atoms with Crippen molar-refractivity contribution in [2.45, 2.75) is 40.3 Å². The second-order valence-corrected chi connectivity index (χ2v) is 5.01. The van der Waals surface area contributed by atoms with Crippen LogP contribution in [0.15, 0.2) is 28.9 Å². The van der Waals surface area contributed by atoms with E-state index in [0.29, 0.717) is 12.6 Å². The van der Waals surface area contributed by atoms with Crippen LogP contribution in [0.4, 0.5) is 0 Å². The summed E-state index contributed by atoms with van der Waals surface area (Å²) < 4.78 is 11.0. The number of nitrogens with one attached hydrogen (secondary N) is 1. The van der Waals surface area contributed by atoms with Crippen LogP contribution in [0, 0.1) is 13.8 Å². The fourth-order valence-electron chi connectivity index (χ4n) is 1.73. The summed E-state index contributed by atoms with van der Waals surface area (Å²) in [6.45, 7) is 8.92. The van der Waals surface area contributed by atoms with Crippen LogP contribution in [0.2, 0.25) is 0 Å². The van der Waals surface area contributed by atoms with Crippen molar-refractivity contribution in [2.75, 3.05) is 0 Å². The topological polar surface area (TPSA) is 47.3 Å². The first-order chi connectivity index (χ1) is 9.04. The standard InChI is InChI=1S/C15H20N2O2/c1-10(2)16-8-13-9-18-15(17-13)19-14-6-5-11(3)7-12(14)4/h5-7,9-10,16H,8H2,1-4H3. The molecule has 1 N–H and O–H groups in total. The minimum atomic E-state index is 0.285. The second-order valence-electron chi connectivity index (χ2n) is 5.01. The summed E-state index contributed by atoms with van der Waals surface area (Å²) in [7, 11) is 0. The van der Waals surface area contributed by atoms with Gasteiger partial charge in [-0.1, -0.05) is 31.5 Å². The van der Waals surface area contributed by atoms with E-state index in [4.69, 9.17) is 9.15 Å². The number of rotatable bonds is 5. The van der Waals surface area contributed by atoms with Crippen molar-refractivity contribution in [3.05, 3.63) is 41.3 Å². The van der Waals surface area contributed by atoms with Gasteiger partial charge in [-0.05, 0) is 25.5 Å². The predicted molar refractivity (Wildman–Crippen MR) is 74.5 cm³/mol. The highest BCUT2D eigenvalue weighted by Crippen LogP contribution is 2.25. The molecule has 0 atom stereocenters. The Bertz CT molecular complexity index is 547. The molecule has 0 bridgehead atoms. The van der Waals surface area contributed by atoms with Crippen LogP contribution in [0.3, 0.4) is 0 Å². The van der Waals surface area contributed by atoms with Crippen LogP contribution in [-0.2, 0) is 6.54 Å². The molecule has 1 aromatic heterocycles. The molecule has 0 spiro atoms. The second kappa shape index (κ2) is 5.89. The number of hydrogen-bond donors (Lipinski definition) is 1. The molecule has 0 fully saturated rings. The van der Waals surface area contributed by atoms with E-state index in [1.54, 1.807) is 6.26 Å². The Morgan fingerprint density at radius 2 is 2.11 bits per heavy atom. The number of oxazole rings is 1. The van der Waals surface area contributed by atoms with Crippen LogP contribution >= 0.6 is 0 Å². The molecule has 0 radical (unpaired) electrons. The summed E-state index contributed by atoms with van der Waals surface area (Å²) in [5, 5.41) is 3.28. The van der Waals surface area contributed by atoms with Crippen LogP contribution in [0.5, 0.6) is 11.8 Å². The molecule has 0 amide bonds. The third-order valence-electron chi connectivity index (χ3n) is 2.75. The third-order valence-corrected chi connectivity index (χ3v) is 2.75. The molecular weight excluding hydrogens is 240 g/mol. The molecule has 0 aliphatic rings. The summed E-state index contributed by atoms with van der Waals surface area (Å²) in [4.78, 5) is 4.29. The van der Waals surface area contributed by atoms with Gasteiger partial charge in [0.05, 0.1) is 5.69 Å². The molecule has 4 heteroatoms. The molecule has 0 saturated heterocycles. The van der Waals surface area contributed by atoms with Crippen molar-refractivity contribution >= 4 is 0 Å². The lowest BCUT2D eigenvalue weighted by atomic mass is 10.1. The van der Waals surface area contributed by atoms with Crippen molar-refractivity contribution in [3.63, 3.8) is 0 Å². The first-order valence-electron chi connectivity index (χ1n) is 6.47. The Kier molecular flexibility index (Phi) is 4.22. The highest BCUT2D eigenvalue weighted by Gasteiger charge is 2.08. The van der Waals surface area contributed by atoms with Gasteiger partial charge in [-0.2, -0.15) is 4.98 Å². The summed E-state index contributed by atoms with van der Waals surface area (Å²) >= 11 is 0. The van der Waals surface area contributed by atoms with Gasteiger partial charge in [0.15, 0.2) is 0 Å². The summed E-state index contributed by atoms with van der Waals surface area (Å²) in [5.41, 5.74) is 3.12. The molecule has 0 saturated carbocycles. The van der Waals surface area contributed by atoms with Crippen molar-refractivity contribution < 1.29 is 9.15 Å². The smallest absolute Gasteiger partial charge is 0.399 e. The Labute approximate surface area is 113 Å². The Hall–Kier alpha value is -1.81. The number of nitrogens with zero attached hydrogens (tertiary/aromatic N) is 1. The van der Waals surface area contributed by atoms with Gasteiger partial charge in [0.2, 0.25) is 0 Å². The predicted octanol–water partition coefficient (Wildman–Crippen LogP) is 3.58. The molecule has 4 nitrogen and oxygen atoms in total. The normalized spacial score (nSPS) is 11.0. The number of benzene rings is 1. The molecule has 1 aromatic carbocycles. The van der Waals surface area contributed by atoms with Crippen LogP contribution < -0.4 is 10.1 Å². The summed E-state index contributed by atoms with van der Waals surface area (Å²) in [6.07, 6.45) is 1.90. The molecule has 1 heterocycles. The lowest BCUT2D eigenvalue weighted by Gasteiger charge is -2.05.